The van der Waals surface area contributed by atoms with Crippen molar-refractivity contribution in [1.29, 1.82) is 0 Å². The minimum atomic E-state index is -3.49. The van der Waals surface area contributed by atoms with Crippen LogP contribution in [0.3, 0.4) is 0 Å². The van der Waals surface area contributed by atoms with Crippen LogP contribution in [-0.4, -0.2) is 27.0 Å². The van der Waals surface area contributed by atoms with Crippen molar-refractivity contribution in [2.75, 3.05) is 6.54 Å². The summed E-state index contributed by atoms with van der Waals surface area (Å²) in [7, 11) is -3.49. The van der Waals surface area contributed by atoms with E-state index in [4.69, 9.17) is 0 Å². The lowest BCUT2D eigenvalue weighted by Crippen LogP contribution is -2.46. The van der Waals surface area contributed by atoms with Crippen molar-refractivity contribution in [2.45, 2.75) is 36.7 Å². The summed E-state index contributed by atoms with van der Waals surface area (Å²) in [4.78, 5) is 0.324. The van der Waals surface area contributed by atoms with Crippen LogP contribution in [0.15, 0.2) is 59.5 Å². The van der Waals surface area contributed by atoms with Crippen molar-refractivity contribution < 1.29 is 8.42 Å². The highest BCUT2D eigenvalue weighted by atomic mass is 35.5. The quantitative estimate of drug-likeness (QED) is 0.873. The summed E-state index contributed by atoms with van der Waals surface area (Å²) < 4.78 is 28.2. The molecule has 0 aromatic heterocycles. The van der Waals surface area contributed by atoms with Crippen LogP contribution in [-0.2, 0) is 10.0 Å². The van der Waals surface area contributed by atoms with Crippen LogP contribution in [0.2, 0.25) is 0 Å². The van der Waals surface area contributed by atoms with E-state index in [2.05, 4.69) is 17.0 Å². The number of hydrogen-bond donors (Lipinski definition) is 2. The normalized spacial score (nSPS) is 21.0. The predicted octanol–water partition coefficient (Wildman–Crippen LogP) is 3.19. The highest BCUT2D eigenvalue weighted by molar-refractivity contribution is 7.89. The van der Waals surface area contributed by atoms with Crippen LogP contribution < -0.4 is 10.0 Å². The molecule has 3 rings (SSSR count). The van der Waals surface area contributed by atoms with Crippen LogP contribution in [0.1, 0.15) is 19.8 Å². The Morgan fingerprint density at radius 3 is 2.46 bits per heavy atom. The number of halogens is 1. The minimum Gasteiger partial charge on any atom is -0.314 e. The fourth-order valence-electron chi connectivity index (χ4n) is 3.00. The van der Waals surface area contributed by atoms with Gasteiger partial charge in [0.15, 0.2) is 0 Å². The van der Waals surface area contributed by atoms with E-state index in [-0.39, 0.29) is 18.4 Å². The zero-order valence-electron chi connectivity index (χ0n) is 13.6. The first-order valence-electron chi connectivity index (χ1n) is 7.96. The molecule has 2 aromatic rings. The van der Waals surface area contributed by atoms with E-state index in [1.807, 2.05) is 36.4 Å². The van der Waals surface area contributed by atoms with Crippen molar-refractivity contribution >= 4 is 22.4 Å². The van der Waals surface area contributed by atoms with Gasteiger partial charge < -0.3 is 5.32 Å². The van der Waals surface area contributed by atoms with Crippen LogP contribution >= 0.6 is 12.4 Å². The molecule has 2 N–H and O–H groups in total. The molecule has 0 spiro atoms. The lowest BCUT2D eigenvalue weighted by Gasteiger charge is -2.28. The molecule has 1 aliphatic heterocycles. The molecule has 0 amide bonds. The second-order valence-electron chi connectivity index (χ2n) is 6.09. The molecule has 2 aromatic carbocycles. The molecule has 2 atom stereocenters. The van der Waals surface area contributed by atoms with Gasteiger partial charge in [-0.1, -0.05) is 42.5 Å². The fraction of sp³-hybridized carbons (Fsp3) is 0.333. The van der Waals surface area contributed by atoms with Gasteiger partial charge in [-0.15, -0.1) is 12.4 Å². The molecule has 24 heavy (non-hydrogen) atoms. The summed E-state index contributed by atoms with van der Waals surface area (Å²) in [6, 6.07) is 17.3. The Kier molecular flexibility index (Phi) is 6.40. The zero-order chi connectivity index (χ0) is 16.3. The second-order valence-corrected chi connectivity index (χ2v) is 7.81. The smallest absolute Gasteiger partial charge is 0.240 e. The third-order valence-corrected chi connectivity index (χ3v) is 5.72. The standard InChI is InChI=1S/C18H22N2O2S.ClH/c1-14-12-17(10-11-19-14)20-23(21,22)18-9-5-8-16(13-18)15-6-3-2-4-7-15;/h2-9,13-14,17,19-20H,10-12H2,1H3;1H. The minimum absolute atomic E-state index is 0. The summed E-state index contributed by atoms with van der Waals surface area (Å²) in [5.74, 6) is 0. The molecule has 0 radical (unpaired) electrons. The highest BCUT2D eigenvalue weighted by Gasteiger charge is 2.24. The number of sulfonamides is 1. The summed E-state index contributed by atoms with van der Waals surface area (Å²) in [6.07, 6.45) is 1.64. The van der Waals surface area contributed by atoms with Gasteiger partial charge in [0.2, 0.25) is 10.0 Å². The van der Waals surface area contributed by atoms with E-state index in [0.29, 0.717) is 10.9 Å². The lowest BCUT2D eigenvalue weighted by atomic mass is 10.0. The van der Waals surface area contributed by atoms with E-state index in [1.165, 1.54) is 0 Å². The summed E-state index contributed by atoms with van der Waals surface area (Å²) >= 11 is 0. The first-order valence-corrected chi connectivity index (χ1v) is 9.44. The Morgan fingerprint density at radius 1 is 1.04 bits per heavy atom. The topological polar surface area (TPSA) is 58.2 Å². The van der Waals surface area contributed by atoms with Crippen molar-refractivity contribution in [2.24, 2.45) is 0 Å². The SMILES string of the molecule is CC1CC(NS(=O)(=O)c2cccc(-c3ccccc3)c2)CCN1.Cl. The highest BCUT2D eigenvalue weighted by Crippen LogP contribution is 2.23. The molecule has 1 saturated heterocycles. The van der Waals surface area contributed by atoms with E-state index in [0.717, 1.165) is 30.5 Å². The maximum atomic E-state index is 12.7. The van der Waals surface area contributed by atoms with Crippen LogP contribution in [0, 0.1) is 0 Å². The number of hydrogen-bond acceptors (Lipinski definition) is 3. The Balaban J connectivity index is 0.00000208. The molecule has 6 heteroatoms. The van der Waals surface area contributed by atoms with Crippen molar-refractivity contribution in [1.82, 2.24) is 10.0 Å². The van der Waals surface area contributed by atoms with E-state index < -0.39 is 10.0 Å². The van der Waals surface area contributed by atoms with Gasteiger partial charge in [-0.3, -0.25) is 0 Å². The number of piperidine rings is 1. The Morgan fingerprint density at radius 2 is 1.75 bits per heavy atom. The largest absolute Gasteiger partial charge is 0.314 e. The molecular weight excluding hydrogens is 344 g/mol. The zero-order valence-corrected chi connectivity index (χ0v) is 15.2. The molecule has 0 aliphatic carbocycles. The maximum Gasteiger partial charge on any atom is 0.240 e. The Labute approximate surface area is 150 Å². The van der Waals surface area contributed by atoms with Gasteiger partial charge in [0.05, 0.1) is 4.90 Å². The summed E-state index contributed by atoms with van der Waals surface area (Å²) in [6.45, 7) is 2.93. The average molecular weight is 367 g/mol. The second kappa shape index (κ2) is 8.12. The van der Waals surface area contributed by atoms with E-state index in [1.54, 1.807) is 18.2 Å². The molecule has 0 bridgehead atoms. The van der Waals surface area contributed by atoms with Gasteiger partial charge >= 0.3 is 0 Å². The van der Waals surface area contributed by atoms with Crippen LogP contribution in [0.4, 0.5) is 0 Å². The van der Waals surface area contributed by atoms with Gasteiger partial charge in [0, 0.05) is 12.1 Å². The summed E-state index contributed by atoms with van der Waals surface area (Å²) in [5, 5.41) is 3.33. The van der Waals surface area contributed by atoms with Gasteiger partial charge in [-0.05, 0) is 49.6 Å². The van der Waals surface area contributed by atoms with Crippen LogP contribution in [0.5, 0.6) is 0 Å². The van der Waals surface area contributed by atoms with Crippen molar-refractivity contribution in [3.05, 3.63) is 54.6 Å². The average Bonchev–Trinajstić information content (AvgIpc) is 2.55. The monoisotopic (exact) mass is 366 g/mol. The first kappa shape index (κ1) is 18.9. The van der Waals surface area contributed by atoms with Gasteiger partial charge in [-0.25, -0.2) is 13.1 Å². The predicted molar refractivity (Wildman–Crippen MR) is 99.9 cm³/mol. The molecule has 130 valence electrons. The number of nitrogens with one attached hydrogen (secondary N) is 2. The number of benzene rings is 2. The van der Waals surface area contributed by atoms with E-state index in [9.17, 15) is 8.42 Å². The van der Waals surface area contributed by atoms with Crippen molar-refractivity contribution in [3.63, 3.8) is 0 Å². The molecule has 2 unspecified atom stereocenters. The summed E-state index contributed by atoms with van der Waals surface area (Å²) in [5.41, 5.74) is 1.92. The molecule has 4 nitrogen and oxygen atoms in total. The molecular formula is C18H23ClN2O2S. The Bertz CT molecular complexity index is 766. The van der Waals surface area contributed by atoms with Gasteiger partial charge in [0.1, 0.15) is 0 Å². The van der Waals surface area contributed by atoms with Gasteiger partial charge in [-0.2, -0.15) is 0 Å². The molecule has 1 heterocycles. The fourth-order valence-corrected chi connectivity index (χ4v) is 4.33. The molecule has 0 saturated carbocycles. The third-order valence-electron chi connectivity index (χ3n) is 4.20. The van der Waals surface area contributed by atoms with E-state index >= 15 is 0 Å². The van der Waals surface area contributed by atoms with Crippen LogP contribution in [0.25, 0.3) is 11.1 Å². The van der Waals surface area contributed by atoms with Crippen molar-refractivity contribution in [3.8, 4) is 11.1 Å². The molecule has 1 fully saturated rings. The third kappa shape index (κ3) is 4.57. The first-order chi connectivity index (χ1) is 11.0. The lowest BCUT2D eigenvalue weighted by molar-refractivity contribution is 0.361. The number of rotatable bonds is 4. The maximum absolute atomic E-state index is 12.7. The molecule has 1 aliphatic rings. The van der Waals surface area contributed by atoms with Gasteiger partial charge in [0.25, 0.3) is 0 Å². The Hall–Kier alpha value is -1.40.